The highest BCUT2D eigenvalue weighted by atomic mass is 32.2. The Labute approximate surface area is 231 Å². The van der Waals surface area contributed by atoms with Crippen LogP contribution in [0.25, 0.3) is 22.0 Å². The smallest absolute Gasteiger partial charge is 0.407 e. The van der Waals surface area contributed by atoms with Crippen LogP contribution in [-0.2, 0) is 25.8 Å². The number of benzene rings is 3. The molecule has 1 aliphatic rings. The molecule has 0 bridgehead atoms. The lowest BCUT2D eigenvalue weighted by Crippen LogP contribution is -2.43. The van der Waals surface area contributed by atoms with Crippen molar-refractivity contribution in [3.8, 4) is 16.9 Å². The van der Waals surface area contributed by atoms with E-state index in [1.54, 1.807) is 13.8 Å². The Hall–Kier alpha value is -4.44. The first-order chi connectivity index (χ1) is 19.1. The van der Waals surface area contributed by atoms with Gasteiger partial charge in [-0.15, -0.1) is 0 Å². The fourth-order valence-corrected chi connectivity index (χ4v) is 6.26. The molecule has 1 atom stereocenters. The van der Waals surface area contributed by atoms with E-state index in [-0.39, 0.29) is 46.2 Å². The fraction of sp³-hybridized carbons (Fsp3) is 0.233. The Bertz CT molecular complexity index is 1690. The number of aliphatic carboxylic acids is 1. The molecule has 0 saturated heterocycles. The summed E-state index contributed by atoms with van der Waals surface area (Å²) in [5, 5.41) is 22.1. The maximum Gasteiger partial charge on any atom is 0.407 e. The number of phenolic OH excluding ortho intramolecular Hbond substituents is 1. The van der Waals surface area contributed by atoms with Crippen LogP contribution in [0, 0.1) is 0 Å². The molecule has 10 heteroatoms. The molecule has 0 fully saturated rings. The van der Waals surface area contributed by atoms with Gasteiger partial charge in [0.25, 0.3) is 0 Å². The minimum Gasteiger partial charge on any atom is -0.506 e. The number of hydrogen-bond donors (Lipinski definition) is 3. The number of carbonyl (C=O) groups is 2. The van der Waals surface area contributed by atoms with E-state index in [4.69, 9.17) is 4.74 Å². The van der Waals surface area contributed by atoms with Gasteiger partial charge in [-0.3, -0.25) is 0 Å². The highest BCUT2D eigenvalue weighted by Gasteiger charge is 2.30. The van der Waals surface area contributed by atoms with Crippen LogP contribution in [0.4, 0.5) is 4.79 Å². The van der Waals surface area contributed by atoms with Crippen LogP contribution >= 0.6 is 0 Å². The Morgan fingerprint density at radius 2 is 1.57 bits per heavy atom. The van der Waals surface area contributed by atoms with Crippen molar-refractivity contribution in [3.05, 3.63) is 89.6 Å². The third-order valence-electron chi connectivity index (χ3n) is 7.13. The van der Waals surface area contributed by atoms with Gasteiger partial charge >= 0.3 is 12.1 Å². The number of sulfone groups is 1. The Balaban J connectivity index is 1.32. The lowest BCUT2D eigenvalue weighted by atomic mass is 9.98. The maximum absolute atomic E-state index is 12.8. The average Bonchev–Trinajstić information content (AvgIpc) is 3.25. The Morgan fingerprint density at radius 1 is 0.950 bits per heavy atom. The third-order valence-corrected chi connectivity index (χ3v) is 9.34. The zero-order valence-corrected chi connectivity index (χ0v) is 22.7. The van der Waals surface area contributed by atoms with Crippen LogP contribution < -0.4 is 5.32 Å². The molecule has 3 N–H and O–H groups in total. The number of amides is 1. The fourth-order valence-electron chi connectivity index (χ4n) is 5.02. The number of carbonyl (C=O) groups excluding carboxylic acids is 1. The normalized spacial score (nSPS) is 13.6. The van der Waals surface area contributed by atoms with Gasteiger partial charge in [0.05, 0.1) is 10.1 Å². The number of alkyl carbamates (subject to hydrolysis) is 1. The van der Waals surface area contributed by atoms with Gasteiger partial charge in [0.15, 0.2) is 9.84 Å². The molecule has 5 rings (SSSR count). The summed E-state index contributed by atoms with van der Waals surface area (Å²) in [6.07, 6.45) is -1.10. The summed E-state index contributed by atoms with van der Waals surface area (Å²) < 4.78 is 31.0. The number of carboxylic acid groups (broad SMARTS) is 1. The second kappa shape index (κ2) is 10.6. The van der Waals surface area contributed by atoms with Crippen molar-refractivity contribution in [3.63, 3.8) is 0 Å². The van der Waals surface area contributed by atoms with E-state index in [1.165, 1.54) is 24.3 Å². The molecule has 0 unspecified atom stereocenters. The molecule has 0 spiro atoms. The summed E-state index contributed by atoms with van der Waals surface area (Å²) in [5.74, 6) is -1.71. The van der Waals surface area contributed by atoms with Crippen LogP contribution in [0.2, 0.25) is 0 Å². The molecule has 0 aliphatic heterocycles. The number of pyridine rings is 1. The number of fused-ring (bicyclic) bond motifs is 4. The van der Waals surface area contributed by atoms with Crippen LogP contribution in [0.1, 0.15) is 36.6 Å². The van der Waals surface area contributed by atoms with E-state index in [2.05, 4.69) is 10.3 Å². The highest BCUT2D eigenvalue weighted by molar-refractivity contribution is 7.92. The second-order valence-corrected chi connectivity index (χ2v) is 12.4. The van der Waals surface area contributed by atoms with Crippen molar-refractivity contribution in [2.45, 2.75) is 42.4 Å². The summed E-state index contributed by atoms with van der Waals surface area (Å²) >= 11 is 0. The van der Waals surface area contributed by atoms with Crippen molar-refractivity contribution >= 4 is 32.8 Å². The third kappa shape index (κ3) is 4.98. The number of phenols is 1. The molecule has 1 amide bonds. The first-order valence-corrected chi connectivity index (χ1v) is 14.3. The van der Waals surface area contributed by atoms with Crippen molar-refractivity contribution in [1.29, 1.82) is 0 Å². The Kier molecular flexibility index (Phi) is 7.20. The minimum atomic E-state index is -3.66. The zero-order chi connectivity index (χ0) is 28.6. The van der Waals surface area contributed by atoms with E-state index in [9.17, 15) is 28.2 Å². The predicted octanol–water partition coefficient (Wildman–Crippen LogP) is 4.66. The summed E-state index contributed by atoms with van der Waals surface area (Å²) in [6, 6.07) is 19.9. The van der Waals surface area contributed by atoms with Crippen LogP contribution in [0.5, 0.6) is 5.75 Å². The van der Waals surface area contributed by atoms with Gasteiger partial charge in [0, 0.05) is 23.4 Å². The molecule has 9 nitrogen and oxygen atoms in total. The first kappa shape index (κ1) is 27.1. The predicted molar refractivity (Wildman–Crippen MR) is 149 cm³/mol. The van der Waals surface area contributed by atoms with Gasteiger partial charge in [0.2, 0.25) is 0 Å². The number of ether oxygens (including phenoxy) is 1. The van der Waals surface area contributed by atoms with Crippen LogP contribution in [0.3, 0.4) is 0 Å². The number of aromatic nitrogens is 1. The topological polar surface area (TPSA) is 143 Å². The SMILES string of the molecule is CC(C)S(=O)(=O)c1ccc(O)c2nc(C[C@H](NC(=O)OCC3c4ccccc4-c4ccccc43)C(=O)O)ccc12. The van der Waals surface area contributed by atoms with Crippen LogP contribution in [-0.4, -0.2) is 53.6 Å². The van der Waals surface area contributed by atoms with Crippen LogP contribution in [0.15, 0.2) is 77.7 Å². The number of nitrogens with zero attached hydrogens (tertiary/aromatic N) is 1. The van der Waals surface area contributed by atoms with Gasteiger partial charge in [-0.05, 0) is 60.4 Å². The van der Waals surface area contributed by atoms with E-state index >= 15 is 0 Å². The molecule has 1 aliphatic carbocycles. The van der Waals surface area contributed by atoms with Crippen molar-refractivity contribution in [1.82, 2.24) is 10.3 Å². The molecule has 3 aromatic carbocycles. The van der Waals surface area contributed by atoms with Gasteiger partial charge in [-0.1, -0.05) is 48.5 Å². The lowest BCUT2D eigenvalue weighted by molar-refractivity contribution is -0.139. The monoisotopic (exact) mass is 560 g/mol. The first-order valence-electron chi connectivity index (χ1n) is 12.8. The molecule has 40 heavy (non-hydrogen) atoms. The van der Waals surface area contributed by atoms with Crippen molar-refractivity contribution in [2.24, 2.45) is 0 Å². The average molecular weight is 561 g/mol. The Morgan fingerprint density at radius 3 is 2.17 bits per heavy atom. The van der Waals surface area contributed by atoms with Gasteiger partial charge < -0.3 is 20.3 Å². The summed E-state index contributed by atoms with van der Waals surface area (Å²) in [4.78, 5) is 29.0. The zero-order valence-electron chi connectivity index (χ0n) is 21.9. The number of carboxylic acids is 1. The molecule has 4 aromatic rings. The second-order valence-electron chi connectivity index (χ2n) is 9.94. The van der Waals surface area contributed by atoms with Crippen molar-refractivity contribution < 1.29 is 33.0 Å². The highest BCUT2D eigenvalue weighted by Crippen LogP contribution is 2.44. The maximum atomic E-state index is 12.8. The summed E-state index contributed by atoms with van der Waals surface area (Å²) in [7, 11) is -3.66. The molecule has 0 saturated carbocycles. The lowest BCUT2D eigenvalue weighted by Gasteiger charge is -2.18. The number of aromatic hydroxyl groups is 1. The molecular formula is C30H28N2O7S. The van der Waals surface area contributed by atoms with Gasteiger partial charge in [-0.25, -0.2) is 23.0 Å². The minimum absolute atomic E-state index is 0.0286. The standard InChI is InChI=1S/C30H28N2O7S/c1-17(2)40(37,38)27-14-13-26(33)28-23(27)12-11-18(31-28)15-25(29(34)35)32-30(36)39-16-24-21-9-5-3-7-19(21)20-8-4-6-10-22(20)24/h3-14,17,24-25,33H,15-16H2,1-2H3,(H,32,36)(H,34,35)/t25-/m0/s1. The number of nitrogens with one attached hydrogen (secondary N) is 1. The quantitative estimate of drug-likeness (QED) is 0.282. The summed E-state index contributed by atoms with van der Waals surface area (Å²) in [6.45, 7) is 3.14. The molecular weight excluding hydrogens is 532 g/mol. The van der Waals surface area contributed by atoms with E-state index < -0.39 is 33.2 Å². The largest absolute Gasteiger partial charge is 0.506 e. The van der Waals surface area contributed by atoms with Gasteiger partial charge in [-0.2, -0.15) is 0 Å². The van der Waals surface area contributed by atoms with Gasteiger partial charge in [0.1, 0.15) is 23.9 Å². The number of rotatable bonds is 8. The molecule has 0 radical (unpaired) electrons. The van der Waals surface area contributed by atoms with E-state index in [0.717, 1.165) is 22.3 Å². The molecule has 1 aromatic heterocycles. The number of hydrogen-bond acceptors (Lipinski definition) is 7. The summed E-state index contributed by atoms with van der Waals surface area (Å²) in [5.41, 5.74) is 4.49. The molecule has 206 valence electrons. The van der Waals surface area contributed by atoms with E-state index in [0.29, 0.717) is 0 Å². The molecule has 1 heterocycles. The van der Waals surface area contributed by atoms with E-state index in [1.807, 2.05) is 48.5 Å². The van der Waals surface area contributed by atoms with Crippen molar-refractivity contribution in [2.75, 3.05) is 6.61 Å².